The standard InChI is InChI=1S/C60H62N4/c1-5-9-13-41-17-25-45(26-18-41)57-49-33-35-51(61-49)58(46-27-19-42(20-28-46)14-10-6-2)53-37-39-55(63-53)60(48-31-23-44(24-32-48)16-12-8-4)56-40-38-54(64-56)59(52-36-34-50(57)62-52)47-29-21-43(22-30-47)15-11-7-3/h17-40,61,64H,5-16H2,1-4H3. The zero-order valence-corrected chi connectivity index (χ0v) is 38.2. The second-order valence-electron chi connectivity index (χ2n) is 17.7. The molecule has 4 aromatic carbocycles. The van der Waals surface area contributed by atoms with Crippen LogP contribution in [0.2, 0.25) is 0 Å². The molecule has 0 saturated carbocycles. The van der Waals surface area contributed by atoms with Gasteiger partial charge < -0.3 is 9.97 Å². The van der Waals surface area contributed by atoms with Crippen LogP contribution in [0.1, 0.15) is 124 Å². The molecule has 8 bridgehead atoms. The van der Waals surface area contributed by atoms with Gasteiger partial charge in [0, 0.05) is 44.3 Å². The third kappa shape index (κ3) is 9.24. The molecule has 0 saturated heterocycles. The predicted molar refractivity (Wildman–Crippen MR) is 275 cm³/mol. The lowest BCUT2D eigenvalue weighted by Crippen LogP contribution is -1.91. The summed E-state index contributed by atoms with van der Waals surface area (Å²) in [6, 6.07) is 45.5. The van der Waals surface area contributed by atoms with Crippen LogP contribution < -0.4 is 0 Å². The van der Waals surface area contributed by atoms with Crippen molar-refractivity contribution < 1.29 is 0 Å². The van der Waals surface area contributed by atoms with E-state index in [1.165, 1.54) is 73.6 Å². The van der Waals surface area contributed by atoms with Crippen LogP contribution in [0.25, 0.3) is 90.9 Å². The van der Waals surface area contributed by atoms with E-state index in [2.05, 4.69) is 183 Å². The molecule has 7 aromatic rings. The maximum atomic E-state index is 5.56. The minimum Gasteiger partial charge on any atom is -0.354 e. The summed E-state index contributed by atoms with van der Waals surface area (Å²) in [5, 5.41) is 0. The number of nitrogens with zero attached hydrogens (tertiary/aromatic N) is 2. The molecule has 3 aromatic heterocycles. The number of benzene rings is 4. The van der Waals surface area contributed by atoms with Gasteiger partial charge in [0.2, 0.25) is 0 Å². The van der Waals surface area contributed by atoms with Gasteiger partial charge in [-0.1, -0.05) is 150 Å². The van der Waals surface area contributed by atoms with Crippen LogP contribution in [0.15, 0.2) is 121 Å². The van der Waals surface area contributed by atoms with Gasteiger partial charge >= 0.3 is 0 Å². The van der Waals surface area contributed by atoms with E-state index in [-0.39, 0.29) is 0 Å². The van der Waals surface area contributed by atoms with Crippen molar-refractivity contribution in [3.05, 3.63) is 166 Å². The fourth-order valence-corrected chi connectivity index (χ4v) is 9.30. The monoisotopic (exact) mass is 838 g/mol. The zero-order chi connectivity index (χ0) is 43.8. The molecule has 9 rings (SSSR count). The topological polar surface area (TPSA) is 57.4 Å². The number of aryl methyl sites for hydroxylation is 4. The van der Waals surface area contributed by atoms with Crippen molar-refractivity contribution in [2.75, 3.05) is 0 Å². The number of unbranched alkanes of at least 4 members (excludes halogenated alkanes) is 4. The zero-order valence-electron chi connectivity index (χ0n) is 38.2. The molecule has 5 heterocycles. The Hall–Kier alpha value is -6.52. The Kier molecular flexibility index (Phi) is 13.3. The van der Waals surface area contributed by atoms with Crippen LogP contribution in [0.3, 0.4) is 0 Å². The van der Waals surface area contributed by atoms with Crippen molar-refractivity contribution in [3.8, 4) is 44.5 Å². The van der Waals surface area contributed by atoms with Gasteiger partial charge in [0.15, 0.2) is 0 Å². The lowest BCUT2D eigenvalue weighted by Gasteiger charge is -2.09. The first kappa shape index (κ1) is 42.8. The van der Waals surface area contributed by atoms with E-state index in [1.807, 2.05) is 0 Å². The summed E-state index contributed by atoms with van der Waals surface area (Å²) in [6.07, 6.45) is 22.6. The molecular formula is C60H62N4. The molecule has 0 radical (unpaired) electrons. The van der Waals surface area contributed by atoms with Crippen LogP contribution in [-0.4, -0.2) is 19.9 Å². The van der Waals surface area contributed by atoms with E-state index < -0.39 is 0 Å². The average molecular weight is 839 g/mol. The molecule has 2 aliphatic heterocycles. The van der Waals surface area contributed by atoms with E-state index in [0.29, 0.717) is 0 Å². The summed E-state index contributed by atoms with van der Waals surface area (Å²) in [7, 11) is 0. The largest absolute Gasteiger partial charge is 0.354 e. The predicted octanol–water partition coefficient (Wildman–Crippen LogP) is 16.7. The fraction of sp³-hybridized carbons (Fsp3) is 0.267. The van der Waals surface area contributed by atoms with Gasteiger partial charge in [0.1, 0.15) is 0 Å². The lowest BCUT2D eigenvalue weighted by molar-refractivity contribution is 0.795. The number of hydrogen-bond donors (Lipinski definition) is 2. The van der Waals surface area contributed by atoms with Gasteiger partial charge in [-0.25, -0.2) is 9.97 Å². The van der Waals surface area contributed by atoms with Gasteiger partial charge in [0.25, 0.3) is 0 Å². The first-order valence-electron chi connectivity index (χ1n) is 24.1. The Morgan fingerprint density at radius 1 is 0.297 bits per heavy atom. The first-order valence-corrected chi connectivity index (χ1v) is 24.1. The first-order chi connectivity index (χ1) is 31.5. The number of fused-ring (bicyclic) bond motifs is 8. The van der Waals surface area contributed by atoms with Gasteiger partial charge in [-0.15, -0.1) is 0 Å². The third-order valence-corrected chi connectivity index (χ3v) is 13.0. The van der Waals surface area contributed by atoms with Crippen molar-refractivity contribution in [1.29, 1.82) is 0 Å². The van der Waals surface area contributed by atoms with Gasteiger partial charge in [-0.2, -0.15) is 0 Å². The average Bonchev–Trinajstić information content (AvgIpc) is 4.19. The Bertz CT molecular complexity index is 2540. The highest BCUT2D eigenvalue weighted by Crippen LogP contribution is 2.39. The molecule has 0 spiro atoms. The van der Waals surface area contributed by atoms with E-state index in [4.69, 9.17) is 9.97 Å². The van der Waals surface area contributed by atoms with Crippen molar-refractivity contribution in [2.45, 2.75) is 105 Å². The molecule has 0 amide bonds. The highest BCUT2D eigenvalue weighted by molar-refractivity contribution is 5.99. The van der Waals surface area contributed by atoms with Crippen molar-refractivity contribution in [1.82, 2.24) is 19.9 Å². The molecule has 64 heavy (non-hydrogen) atoms. The SMILES string of the molecule is CCCCc1ccc(-c2c3nc(c(-c4ccc(CCCC)cc4)c4ccc([nH]4)c(-c4ccc(CCCC)cc4)c4nc(c(-c5ccc(CCCC)cc5)c5ccc2[nH]5)C=C4)C=C3)cc1. The number of hydrogen-bond acceptors (Lipinski definition) is 2. The van der Waals surface area contributed by atoms with E-state index in [0.717, 1.165) is 115 Å². The Labute approximate surface area is 380 Å². The Morgan fingerprint density at radius 2 is 0.516 bits per heavy atom. The normalized spacial score (nSPS) is 12.1. The van der Waals surface area contributed by atoms with Gasteiger partial charge in [-0.3, -0.25) is 0 Å². The third-order valence-electron chi connectivity index (χ3n) is 13.0. The van der Waals surface area contributed by atoms with Gasteiger partial charge in [-0.05, 0) is 144 Å². The number of aromatic amines is 2. The Morgan fingerprint density at radius 3 is 0.719 bits per heavy atom. The van der Waals surface area contributed by atoms with Crippen LogP contribution in [0.5, 0.6) is 0 Å². The molecule has 2 N–H and O–H groups in total. The summed E-state index contributed by atoms with van der Waals surface area (Å²) in [6.45, 7) is 9.03. The minimum atomic E-state index is 0.937. The smallest absolute Gasteiger partial charge is 0.0737 e. The molecule has 0 atom stereocenters. The molecule has 322 valence electrons. The van der Waals surface area contributed by atoms with Gasteiger partial charge in [0.05, 0.1) is 22.8 Å². The second-order valence-corrected chi connectivity index (χ2v) is 17.7. The number of rotatable bonds is 16. The van der Waals surface area contributed by atoms with Crippen molar-refractivity contribution >= 4 is 46.4 Å². The maximum absolute atomic E-state index is 5.56. The fourth-order valence-electron chi connectivity index (χ4n) is 9.30. The van der Waals surface area contributed by atoms with E-state index in [1.54, 1.807) is 0 Å². The minimum absolute atomic E-state index is 0.937. The molecule has 2 aliphatic rings. The number of aromatic nitrogens is 4. The summed E-state index contributed by atoms with van der Waals surface area (Å²) >= 11 is 0. The number of nitrogens with one attached hydrogen (secondary N) is 2. The summed E-state index contributed by atoms with van der Waals surface area (Å²) in [5.41, 5.74) is 22.2. The molecule has 0 aliphatic carbocycles. The maximum Gasteiger partial charge on any atom is 0.0737 e. The van der Waals surface area contributed by atoms with Crippen LogP contribution in [-0.2, 0) is 25.7 Å². The van der Waals surface area contributed by atoms with E-state index >= 15 is 0 Å². The van der Waals surface area contributed by atoms with Crippen LogP contribution >= 0.6 is 0 Å². The Balaban J connectivity index is 1.36. The molecule has 4 nitrogen and oxygen atoms in total. The van der Waals surface area contributed by atoms with Crippen molar-refractivity contribution in [2.24, 2.45) is 0 Å². The summed E-state index contributed by atoms with van der Waals surface area (Å²) in [4.78, 5) is 19.0. The van der Waals surface area contributed by atoms with E-state index in [9.17, 15) is 0 Å². The highest BCUT2D eigenvalue weighted by Gasteiger charge is 2.19. The lowest BCUT2D eigenvalue weighted by atomic mass is 10.00. The van der Waals surface area contributed by atoms with Crippen LogP contribution in [0, 0.1) is 0 Å². The molecule has 0 unspecified atom stereocenters. The molecule has 0 fully saturated rings. The summed E-state index contributed by atoms with van der Waals surface area (Å²) in [5.74, 6) is 0. The summed E-state index contributed by atoms with van der Waals surface area (Å²) < 4.78 is 0. The second kappa shape index (κ2) is 19.9. The molecule has 4 heteroatoms. The van der Waals surface area contributed by atoms with Crippen LogP contribution in [0.4, 0.5) is 0 Å². The quantitative estimate of drug-likeness (QED) is 0.102. The van der Waals surface area contributed by atoms with Crippen molar-refractivity contribution in [3.63, 3.8) is 0 Å². The number of H-pyrrole nitrogens is 2. The highest BCUT2D eigenvalue weighted by atomic mass is 14.8. The molecular weight excluding hydrogens is 777 g/mol.